The maximum Gasteiger partial charge on any atom is 0.338 e. The lowest BCUT2D eigenvalue weighted by Crippen LogP contribution is -2.08. The minimum atomic E-state index is -1.05. The third-order valence-corrected chi connectivity index (χ3v) is 3.09. The normalized spacial score (nSPS) is 10.4. The van der Waals surface area contributed by atoms with Crippen molar-refractivity contribution >= 4 is 23.3 Å². The molecule has 0 radical (unpaired) electrons. The summed E-state index contributed by atoms with van der Waals surface area (Å²) >= 11 is 5.79. The molecule has 0 unspecified atom stereocenters. The lowest BCUT2D eigenvalue weighted by Gasteiger charge is -2.09. The van der Waals surface area contributed by atoms with Crippen molar-refractivity contribution in [2.75, 3.05) is 5.73 Å². The van der Waals surface area contributed by atoms with Crippen LogP contribution in [0.2, 0.25) is 5.02 Å². The minimum absolute atomic E-state index is 0.101. The highest BCUT2D eigenvalue weighted by Gasteiger charge is 2.13. The Labute approximate surface area is 121 Å². The van der Waals surface area contributed by atoms with Crippen molar-refractivity contribution in [1.82, 2.24) is 0 Å². The first-order valence-corrected chi connectivity index (χ1v) is 6.38. The molecule has 0 fully saturated rings. The summed E-state index contributed by atoms with van der Waals surface area (Å²) in [5, 5.41) is 9.81. The average molecular weight is 292 g/mol. The molecule has 20 heavy (non-hydrogen) atoms. The molecule has 2 aromatic rings. The minimum Gasteiger partial charge on any atom is -0.478 e. The number of carboxylic acid groups (broad SMARTS) is 1. The van der Waals surface area contributed by atoms with Gasteiger partial charge in [-0.25, -0.2) is 4.79 Å². The third kappa shape index (κ3) is 3.50. The summed E-state index contributed by atoms with van der Waals surface area (Å²) in [6.07, 6.45) is 0. The molecule has 3 N–H and O–H groups in total. The molecule has 4 nitrogen and oxygen atoms in total. The van der Waals surface area contributed by atoms with Crippen molar-refractivity contribution in [3.05, 3.63) is 64.2 Å². The van der Waals surface area contributed by atoms with Gasteiger partial charge in [0.1, 0.15) is 0 Å². The zero-order valence-corrected chi connectivity index (χ0v) is 11.4. The molecule has 104 valence electrons. The third-order valence-electron chi connectivity index (χ3n) is 2.84. The van der Waals surface area contributed by atoms with Crippen molar-refractivity contribution in [2.24, 2.45) is 0 Å². The van der Waals surface area contributed by atoms with Crippen molar-refractivity contribution in [1.29, 1.82) is 0 Å². The molecular weight excluding hydrogens is 278 g/mol. The smallest absolute Gasteiger partial charge is 0.338 e. The van der Waals surface area contributed by atoms with Gasteiger partial charge < -0.3 is 15.6 Å². The molecule has 0 saturated heterocycles. The quantitative estimate of drug-likeness (QED) is 0.829. The summed E-state index contributed by atoms with van der Waals surface area (Å²) in [4.78, 5) is 11.2. The highest BCUT2D eigenvalue weighted by molar-refractivity contribution is 6.30. The van der Waals surface area contributed by atoms with E-state index < -0.39 is 5.97 Å². The summed E-state index contributed by atoms with van der Waals surface area (Å²) in [6, 6.07) is 12.3. The number of carbonyl (C=O) groups is 1. The predicted molar refractivity (Wildman–Crippen MR) is 77.8 cm³/mol. The van der Waals surface area contributed by atoms with Gasteiger partial charge in [-0.2, -0.15) is 0 Å². The van der Waals surface area contributed by atoms with Gasteiger partial charge in [-0.3, -0.25) is 0 Å². The Morgan fingerprint density at radius 3 is 2.50 bits per heavy atom. The molecule has 0 bridgehead atoms. The molecule has 2 aromatic carbocycles. The van der Waals surface area contributed by atoms with E-state index in [-0.39, 0.29) is 17.9 Å². The SMILES string of the molecule is Nc1cccc(COCc2ccc(Cl)cc2)c1C(=O)O. The van der Waals surface area contributed by atoms with E-state index in [1.807, 2.05) is 12.1 Å². The van der Waals surface area contributed by atoms with Gasteiger partial charge in [0.15, 0.2) is 0 Å². The number of nitrogens with two attached hydrogens (primary N) is 1. The highest BCUT2D eigenvalue weighted by Crippen LogP contribution is 2.19. The van der Waals surface area contributed by atoms with Gasteiger partial charge >= 0.3 is 5.97 Å². The van der Waals surface area contributed by atoms with Crippen LogP contribution in [0.3, 0.4) is 0 Å². The summed E-state index contributed by atoms with van der Waals surface area (Å²) < 4.78 is 5.53. The zero-order valence-electron chi connectivity index (χ0n) is 10.7. The van der Waals surface area contributed by atoms with Gasteiger partial charge in [0.05, 0.1) is 18.8 Å². The summed E-state index contributed by atoms with van der Waals surface area (Å²) in [7, 11) is 0. The Hall–Kier alpha value is -2.04. The Morgan fingerprint density at radius 1 is 1.15 bits per heavy atom. The number of aromatic carboxylic acids is 1. The van der Waals surface area contributed by atoms with E-state index in [9.17, 15) is 4.79 Å². The first kappa shape index (κ1) is 14.4. The van der Waals surface area contributed by atoms with Gasteiger partial charge in [0.25, 0.3) is 0 Å². The summed E-state index contributed by atoms with van der Waals surface area (Å²) in [5.74, 6) is -1.05. The maximum atomic E-state index is 11.2. The average Bonchev–Trinajstić information content (AvgIpc) is 2.40. The number of hydrogen-bond acceptors (Lipinski definition) is 3. The largest absolute Gasteiger partial charge is 0.478 e. The molecular formula is C15H14ClNO3. The number of halogens is 1. The van der Waals surface area contributed by atoms with Crippen LogP contribution in [0.5, 0.6) is 0 Å². The number of ether oxygens (including phenoxy) is 1. The fourth-order valence-electron chi connectivity index (χ4n) is 1.86. The molecule has 0 aliphatic carbocycles. The summed E-state index contributed by atoms with van der Waals surface area (Å²) in [6.45, 7) is 0.570. The number of rotatable bonds is 5. The number of benzene rings is 2. The van der Waals surface area contributed by atoms with E-state index in [0.29, 0.717) is 17.2 Å². The van der Waals surface area contributed by atoms with Crippen LogP contribution in [0.1, 0.15) is 21.5 Å². The molecule has 0 spiro atoms. The molecule has 0 atom stereocenters. The number of nitrogen functional groups attached to an aromatic ring is 1. The first-order valence-electron chi connectivity index (χ1n) is 6.01. The van der Waals surface area contributed by atoms with E-state index >= 15 is 0 Å². The van der Waals surface area contributed by atoms with E-state index in [1.165, 1.54) is 0 Å². The Balaban J connectivity index is 2.02. The van der Waals surface area contributed by atoms with Crippen molar-refractivity contribution in [3.8, 4) is 0 Å². The first-order chi connectivity index (χ1) is 9.58. The van der Waals surface area contributed by atoms with Gasteiger partial charge in [0.2, 0.25) is 0 Å². The van der Waals surface area contributed by atoms with Crippen LogP contribution in [-0.4, -0.2) is 11.1 Å². The lowest BCUT2D eigenvalue weighted by molar-refractivity contribution is 0.0685. The van der Waals surface area contributed by atoms with Crippen molar-refractivity contribution in [3.63, 3.8) is 0 Å². The molecule has 0 aliphatic heterocycles. The van der Waals surface area contributed by atoms with Crippen LogP contribution in [0.4, 0.5) is 5.69 Å². The second-order valence-electron chi connectivity index (χ2n) is 4.31. The Bertz CT molecular complexity index is 611. The van der Waals surface area contributed by atoms with Crippen LogP contribution < -0.4 is 5.73 Å². The number of hydrogen-bond donors (Lipinski definition) is 2. The topological polar surface area (TPSA) is 72.5 Å². The number of anilines is 1. The molecule has 5 heteroatoms. The van der Waals surface area contributed by atoms with Crippen molar-refractivity contribution in [2.45, 2.75) is 13.2 Å². The fraction of sp³-hybridized carbons (Fsp3) is 0.133. The van der Waals surface area contributed by atoms with Gasteiger partial charge in [-0.1, -0.05) is 35.9 Å². The molecule has 0 saturated carbocycles. The standard InChI is InChI=1S/C15H14ClNO3/c16-12-6-4-10(5-7-12)8-20-9-11-2-1-3-13(17)14(11)15(18)19/h1-7H,8-9,17H2,(H,18,19). The second-order valence-corrected chi connectivity index (χ2v) is 4.74. The monoisotopic (exact) mass is 291 g/mol. The van der Waals surface area contributed by atoms with E-state index in [0.717, 1.165) is 5.56 Å². The van der Waals surface area contributed by atoms with Gasteiger partial charge in [-0.15, -0.1) is 0 Å². The Kier molecular flexibility index (Phi) is 4.61. The van der Waals surface area contributed by atoms with Gasteiger partial charge in [0, 0.05) is 10.7 Å². The molecule has 2 rings (SSSR count). The van der Waals surface area contributed by atoms with Crippen LogP contribution in [0.15, 0.2) is 42.5 Å². The van der Waals surface area contributed by atoms with E-state index in [1.54, 1.807) is 30.3 Å². The highest BCUT2D eigenvalue weighted by atomic mass is 35.5. The Morgan fingerprint density at radius 2 is 1.85 bits per heavy atom. The van der Waals surface area contributed by atoms with Crippen LogP contribution >= 0.6 is 11.6 Å². The van der Waals surface area contributed by atoms with Crippen LogP contribution in [-0.2, 0) is 18.0 Å². The predicted octanol–water partition coefficient (Wildman–Crippen LogP) is 3.34. The molecule has 0 heterocycles. The van der Waals surface area contributed by atoms with Crippen LogP contribution in [0.25, 0.3) is 0 Å². The zero-order chi connectivity index (χ0) is 14.5. The lowest BCUT2D eigenvalue weighted by atomic mass is 10.1. The molecule has 0 amide bonds. The maximum absolute atomic E-state index is 11.2. The second kappa shape index (κ2) is 6.41. The summed E-state index contributed by atoms with van der Waals surface area (Å²) in [5.41, 5.74) is 7.54. The van der Waals surface area contributed by atoms with Crippen molar-refractivity contribution < 1.29 is 14.6 Å². The van der Waals surface area contributed by atoms with E-state index in [4.69, 9.17) is 27.2 Å². The van der Waals surface area contributed by atoms with Gasteiger partial charge in [-0.05, 0) is 29.3 Å². The fourth-order valence-corrected chi connectivity index (χ4v) is 1.99. The van der Waals surface area contributed by atoms with E-state index in [2.05, 4.69) is 0 Å². The number of carboxylic acids is 1. The molecule has 0 aliphatic rings. The van der Waals surface area contributed by atoms with Crippen LogP contribution in [0, 0.1) is 0 Å². The molecule has 0 aromatic heterocycles.